The lowest BCUT2D eigenvalue weighted by Crippen LogP contribution is -2.37. The van der Waals surface area contributed by atoms with Gasteiger partial charge in [-0.2, -0.15) is 18.3 Å². The number of nitrogens with one attached hydrogen (secondary N) is 2. The van der Waals surface area contributed by atoms with Crippen molar-refractivity contribution in [3.63, 3.8) is 0 Å². The van der Waals surface area contributed by atoms with Crippen molar-refractivity contribution in [2.24, 2.45) is 11.8 Å². The molecule has 2 fully saturated rings. The summed E-state index contributed by atoms with van der Waals surface area (Å²) in [5.41, 5.74) is 1.11. The van der Waals surface area contributed by atoms with Gasteiger partial charge in [0.15, 0.2) is 5.65 Å². The van der Waals surface area contributed by atoms with E-state index < -0.39 is 48.8 Å². The number of rotatable bonds is 11. The first kappa shape index (κ1) is 30.6. The van der Waals surface area contributed by atoms with Crippen LogP contribution in [0.2, 0.25) is 0 Å². The van der Waals surface area contributed by atoms with Gasteiger partial charge >= 0.3 is 6.18 Å². The molecule has 2 amide bonds. The Morgan fingerprint density at radius 2 is 1.79 bits per heavy atom. The Balaban J connectivity index is 1.40. The fourth-order valence-electron chi connectivity index (χ4n) is 5.29. The van der Waals surface area contributed by atoms with Crippen molar-refractivity contribution in [3.05, 3.63) is 35.4 Å². The van der Waals surface area contributed by atoms with E-state index in [-0.39, 0.29) is 55.2 Å². The molecule has 5 rings (SSSR count). The number of alkyl halides is 5. The van der Waals surface area contributed by atoms with Crippen molar-refractivity contribution in [1.82, 2.24) is 35.5 Å². The van der Waals surface area contributed by atoms with Gasteiger partial charge in [0.2, 0.25) is 17.5 Å². The number of halogens is 5. The maximum absolute atomic E-state index is 14.0. The van der Waals surface area contributed by atoms with E-state index in [1.54, 1.807) is 26.1 Å². The molecule has 11 nitrogen and oxygen atoms in total. The lowest BCUT2D eigenvalue weighted by molar-refractivity contribution is -0.144. The van der Waals surface area contributed by atoms with Gasteiger partial charge in [-0.25, -0.2) is 22.9 Å². The van der Waals surface area contributed by atoms with Gasteiger partial charge in [0.1, 0.15) is 0 Å². The van der Waals surface area contributed by atoms with Gasteiger partial charge in [-0.05, 0) is 73.3 Å². The van der Waals surface area contributed by atoms with Gasteiger partial charge in [-0.3, -0.25) is 9.59 Å². The van der Waals surface area contributed by atoms with Crippen LogP contribution < -0.4 is 15.4 Å². The summed E-state index contributed by atoms with van der Waals surface area (Å²) in [6.07, 6.45) is -2.38. The van der Waals surface area contributed by atoms with Gasteiger partial charge < -0.3 is 15.4 Å². The Bertz CT molecular complexity index is 1440. The van der Waals surface area contributed by atoms with Crippen LogP contribution in [0, 0.1) is 11.8 Å². The lowest BCUT2D eigenvalue weighted by Gasteiger charge is -2.33. The normalized spacial score (nSPS) is 18.9. The predicted octanol–water partition coefficient (Wildman–Crippen LogP) is 5.11. The second kappa shape index (κ2) is 12.0. The van der Waals surface area contributed by atoms with Crippen LogP contribution in [-0.4, -0.2) is 54.9 Å². The van der Waals surface area contributed by atoms with Crippen LogP contribution in [-0.2, 0) is 4.79 Å². The summed E-state index contributed by atoms with van der Waals surface area (Å²) in [6.45, 7) is 3.47. The van der Waals surface area contributed by atoms with E-state index in [0.29, 0.717) is 16.9 Å². The number of ether oxygens (including phenoxy) is 1. The van der Waals surface area contributed by atoms with Gasteiger partial charge in [-0.15, -0.1) is 0 Å². The molecule has 43 heavy (non-hydrogen) atoms. The molecule has 3 aromatic heterocycles. The molecular formula is C27H32F5N7O4. The first-order valence-electron chi connectivity index (χ1n) is 14.2. The number of aromatic nitrogens is 5. The van der Waals surface area contributed by atoms with Crippen LogP contribution in [0.25, 0.3) is 5.65 Å². The molecule has 2 saturated carbocycles. The number of hydrogen-bond acceptors (Lipinski definition) is 8. The molecule has 0 bridgehead atoms. The van der Waals surface area contributed by atoms with E-state index in [1.807, 2.05) is 0 Å². The van der Waals surface area contributed by atoms with E-state index in [0.717, 1.165) is 12.8 Å². The standard InChI is InChI=1S/C27H32F5N7O4/c1-14(2)42-25-23(37-43-38-25)24(41)36-22(16-5-8-26(28,29)9-6-16)18-13-39-19(34-18)11-17(12-33-39)21(15-3-4-15)35-20(40)7-10-27(30,31)32/h11-16,21-22H,3-10H2,1-2H3,(H,35,40)(H,36,41)/t21-,22+/m1/s1. The number of carbonyl (C=O) groups is 2. The zero-order valence-corrected chi connectivity index (χ0v) is 23.5. The van der Waals surface area contributed by atoms with Crippen LogP contribution in [0.3, 0.4) is 0 Å². The topological polar surface area (TPSA) is 137 Å². The first-order valence-corrected chi connectivity index (χ1v) is 14.2. The number of nitrogens with zero attached hydrogens (tertiary/aromatic N) is 5. The Morgan fingerprint density at radius 1 is 1.09 bits per heavy atom. The Hall–Kier alpha value is -3.85. The Labute approximate surface area is 242 Å². The SMILES string of the molecule is CC(C)Oc1nonc1C(=O)N[C@H](c1cn2ncc([C@H](NC(=O)CCC(F)(F)F)C3CC3)cc2n1)C1CCC(F)(F)CC1. The molecule has 0 aliphatic heterocycles. The molecule has 0 saturated heterocycles. The van der Waals surface area contributed by atoms with Crippen LogP contribution in [0.1, 0.15) is 99.0 Å². The largest absolute Gasteiger partial charge is 0.471 e. The van der Waals surface area contributed by atoms with E-state index in [2.05, 4.69) is 31.0 Å². The average molecular weight is 614 g/mol. The molecule has 3 aromatic rings. The minimum atomic E-state index is -4.44. The highest BCUT2D eigenvalue weighted by molar-refractivity contribution is 5.94. The molecule has 3 heterocycles. The summed E-state index contributed by atoms with van der Waals surface area (Å²) < 4.78 is 77.5. The second-order valence-electron chi connectivity index (χ2n) is 11.5. The van der Waals surface area contributed by atoms with Crippen LogP contribution >= 0.6 is 0 Å². The van der Waals surface area contributed by atoms with Crippen molar-refractivity contribution in [1.29, 1.82) is 0 Å². The van der Waals surface area contributed by atoms with Crippen molar-refractivity contribution >= 4 is 17.5 Å². The summed E-state index contributed by atoms with van der Waals surface area (Å²) in [7, 11) is 0. The Kier molecular flexibility index (Phi) is 8.56. The summed E-state index contributed by atoms with van der Waals surface area (Å²) >= 11 is 0. The van der Waals surface area contributed by atoms with Gasteiger partial charge in [0.05, 0.1) is 42.7 Å². The van der Waals surface area contributed by atoms with Gasteiger partial charge in [0, 0.05) is 19.3 Å². The summed E-state index contributed by atoms with van der Waals surface area (Å²) in [5.74, 6) is -4.61. The molecule has 0 aromatic carbocycles. The molecule has 0 radical (unpaired) electrons. The van der Waals surface area contributed by atoms with Crippen molar-refractivity contribution in [2.45, 2.75) is 95.5 Å². The molecule has 2 atom stereocenters. The number of carbonyl (C=O) groups excluding carboxylic acids is 2. The zero-order chi connectivity index (χ0) is 30.9. The van der Waals surface area contributed by atoms with Crippen molar-refractivity contribution < 1.29 is 40.9 Å². The van der Waals surface area contributed by atoms with E-state index >= 15 is 0 Å². The quantitative estimate of drug-likeness (QED) is 0.285. The highest BCUT2D eigenvalue weighted by Gasteiger charge is 2.40. The minimum absolute atomic E-state index is 0.0581. The third-order valence-corrected chi connectivity index (χ3v) is 7.62. The molecule has 16 heteroatoms. The molecule has 2 aliphatic carbocycles. The lowest BCUT2D eigenvalue weighted by atomic mass is 9.81. The summed E-state index contributed by atoms with van der Waals surface area (Å²) in [5, 5.41) is 17.2. The minimum Gasteiger partial charge on any atom is -0.471 e. The number of hydrogen-bond donors (Lipinski definition) is 2. The van der Waals surface area contributed by atoms with Crippen LogP contribution in [0.15, 0.2) is 23.1 Å². The number of imidazole rings is 1. The highest BCUT2D eigenvalue weighted by Crippen LogP contribution is 2.43. The van der Waals surface area contributed by atoms with Crippen molar-refractivity contribution in [2.75, 3.05) is 0 Å². The second-order valence-corrected chi connectivity index (χ2v) is 11.5. The maximum atomic E-state index is 14.0. The smallest absolute Gasteiger partial charge is 0.389 e. The van der Waals surface area contributed by atoms with E-state index in [4.69, 9.17) is 9.37 Å². The summed E-state index contributed by atoms with van der Waals surface area (Å²) in [6, 6.07) is 0.347. The zero-order valence-electron chi connectivity index (χ0n) is 23.5. The maximum Gasteiger partial charge on any atom is 0.389 e. The highest BCUT2D eigenvalue weighted by atomic mass is 19.4. The molecular weight excluding hydrogens is 581 g/mol. The Morgan fingerprint density at radius 3 is 2.44 bits per heavy atom. The van der Waals surface area contributed by atoms with Gasteiger partial charge in [-0.1, -0.05) is 0 Å². The van der Waals surface area contributed by atoms with Gasteiger partial charge in [0.25, 0.3) is 11.8 Å². The number of amides is 2. The fourth-order valence-corrected chi connectivity index (χ4v) is 5.29. The molecule has 0 spiro atoms. The molecule has 2 aliphatic rings. The van der Waals surface area contributed by atoms with E-state index in [1.165, 1.54) is 10.7 Å². The fraction of sp³-hybridized carbons (Fsp3) is 0.630. The summed E-state index contributed by atoms with van der Waals surface area (Å²) in [4.78, 5) is 30.2. The monoisotopic (exact) mass is 613 g/mol. The van der Waals surface area contributed by atoms with Crippen LogP contribution in [0.4, 0.5) is 22.0 Å². The average Bonchev–Trinajstić information content (AvgIpc) is 3.51. The molecule has 0 unspecified atom stereocenters. The molecule has 2 N–H and O–H groups in total. The number of fused-ring (bicyclic) bond motifs is 1. The van der Waals surface area contributed by atoms with E-state index in [9.17, 15) is 31.5 Å². The van der Waals surface area contributed by atoms with Crippen LogP contribution in [0.5, 0.6) is 5.88 Å². The first-order chi connectivity index (χ1) is 20.3. The third kappa shape index (κ3) is 7.76. The predicted molar refractivity (Wildman–Crippen MR) is 139 cm³/mol. The third-order valence-electron chi connectivity index (χ3n) is 7.62. The van der Waals surface area contributed by atoms with Crippen molar-refractivity contribution in [3.8, 4) is 5.88 Å². The molecule has 234 valence electrons.